The molecule has 522 valence electrons. The quantitative estimate of drug-likeness (QED) is 0.0261. The molecule has 1 saturated heterocycles. The molecule has 0 saturated carbocycles. The highest BCUT2D eigenvalue weighted by Gasteiger charge is 2.44. The first-order chi connectivity index (χ1) is 45.3. The molecule has 1 rings (SSSR count). The van der Waals surface area contributed by atoms with Crippen molar-refractivity contribution in [1.82, 2.24) is 5.32 Å². The van der Waals surface area contributed by atoms with Gasteiger partial charge in [0.15, 0.2) is 6.29 Å². The summed E-state index contributed by atoms with van der Waals surface area (Å²) < 4.78 is 11.3. The van der Waals surface area contributed by atoms with Crippen molar-refractivity contribution in [3.8, 4) is 0 Å². The number of aliphatic hydroxyl groups is 5. The highest BCUT2D eigenvalue weighted by Crippen LogP contribution is 2.23. The van der Waals surface area contributed by atoms with Crippen LogP contribution < -0.4 is 5.32 Å². The van der Waals surface area contributed by atoms with Crippen LogP contribution in [0.5, 0.6) is 0 Å². The van der Waals surface area contributed by atoms with E-state index in [0.29, 0.717) is 12.8 Å². The second kappa shape index (κ2) is 69.4. The lowest BCUT2D eigenvalue weighted by molar-refractivity contribution is -0.302. The molecule has 7 atom stereocenters. The van der Waals surface area contributed by atoms with Crippen molar-refractivity contribution >= 4 is 5.91 Å². The fourth-order valence-electron chi connectivity index (χ4n) is 10.7. The number of ether oxygens (including phenoxy) is 2. The maximum absolute atomic E-state index is 13.1. The van der Waals surface area contributed by atoms with Crippen LogP contribution in [0.3, 0.4) is 0 Å². The van der Waals surface area contributed by atoms with Gasteiger partial charge >= 0.3 is 0 Å². The molecule has 1 fully saturated rings. The van der Waals surface area contributed by atoms with Crippen LogP contribution in [-0.4, -0.2) is 87.5 Å². The Morgan fingerprint density at radius 3 is 1.04 bits per heavy atom. The number of hydrogen-bond donors (Lipinski definition) is 6. The van der Waals surface area contributed by atoms with E-state index in [4.69, 9.17) is 9.47 Å². The third-order valence-electron chi connectivity index (χ3n) is 16.5. The summed E-state index contributed by atoms with van der Waals surface area (Å²) in [7, 11) is 0. The van der Waals surface area contributed by atoms with E-state index < -0.39 is 49.5 Å². The Labute approximate surface area is 564 Å². The van der Waals surface area contributed by atoms with E-state index in [1.54, 1.807) is 6.08 Å². The molecule has 1 heterocycles. The van der Waals surface area contributed by atoms with Gasteiger partial charge in [0.2, 0.25) is 5.91 Å². The van der Waals surface area contributed by atoms with Gasteiger partial charge in [-0.3, -0.25) is 4.79 Å². The lowest BCUT2D eigenvalue weighted by atomic mass is 9.99. The summed E-state index contributed by atoms with van der Waals surface area (Å²) in [6.07, 6.45) is 103. The van der Waals surface area contributed by atoms with Crippen LogP contribution in [0.1, 0.15) is 290 Å². The molecule has 0 aliphatic carbocycles. The number of unbranched alkanes of at least 4 members (excludes halogenated alkanes) is 27. The monoisotopic (exact) mass is 1280 g/mol. The van der Waals surface area contributed by atoms with Crippen LogP contribution in [0, 0.1) is 0 Å². The van der Waals surface area contributed by atoms with E-state index in [0.717, 1.165) is 135 Å². The SMILES string of the molecule is CC/C=C\C/C=C\C/C=C\C/C=C\C/C=C\C/C=C\C/C=C\C/C=C\C/C=C\C/C=C\C/C=C\CCCCCCCC(=O)NC(COC1OC(CO)C(O)C(O)C1O)C(O)/C=C/CC/C=C/CC/C=C/CCCCCCCCCCCCCCCCCCCCCC. The van der Waals surface area contributed by atoms with Gasteiger partial charge in [0, 0.05) is 6.42 Å². The maximum atomic E-state index is 13.1. The summed E-state index contributed by atoms with van der Waals surface area (Å²) in [6.45, 7) is 3.65. The topological polar surface area (TPSA) is 149 Å². The molecule has 0 aromatic rings. The van der Waals surface area contributed by atoms with E-state index in [9.17, 15) is 30.3 Å². The summed E-state index contributed by atoms with van der Waals surface area (Å²) in [4.78, 5) is 13.1. The fourth-order valence-corrected chi connectivity index (χ4v) is 10.7. The molecular weight excluding hydrogens is 1140 g/mol. The fraction of sp³-hybridized carbons (Fsp3) is 0.651. The normalized spacial score (nSPS) is 18.7. The van der Waals surface area contributed by atoms with Gasteiger partial charge in [-0.1, -0.05) is 325 Å². The van der Waals surface area contributed by atoms with E-state index in [1.165, 1.54) is 128 Å². The van der Waals surface area contributed by atoms with Gasteiger partial charge in [-0.2, -0.15) is 0 Å². The van der Waals surface area contributed by atoms with Crippen molar-refractivity contribution in [2.24, 2.45) is 0 Å². The van der Waals surface area contributed by atoms with E-state index >= 15 is 0 Å². The molecule has 1 amide bonds. The van der Waals surface area contributed by atoms with Gasteiger partial charge in [0.1, 0.15) is 24.4 Å². The predicted molar refractivity (Wildman–Crippen MR) is 395 cm³/mol. The van der Waals surface area contributed by atoms with Gasteiger partial charge in [0.05, 0.1) is 25.4 Å². The Bertz CT molecular complexity index is 2070. The molecule has 9 heteroatoms. The van der Waals surface area contributed by atoms with Gasteiger partial charge in [-0.05, 0) is 128 Å². The number of nitrogens with one attached hydrogen (secondary N) is 1. The van der Waals surface area contributed by atoms with Crippen molar-refractivity contribution < 1.29 is 39.8 Å². The summed E-state index contributed by atoms with van der Waals surface area (Å²) in [5.41, 5.74) is 0. The van der Waals surface area contributed by atoms with Crippen molar-refractivity contribution in [3.05, 3.63) is 170 Å². The number of allylic oxidation sites excluding steroid dienone is 27. The molecule has 1 aliphatic rings. The molecule has 7 unspecified atom stereocenters. The van der Waals surface area contributed by atoms with Crippen LogP contribution in [0.15, 0.2) is 170 Å². The summed E-state index contributed by atoms with van der Waals surface area (Å²) in [5.74, 6) is -0.215. The first-order valence-corrected chi connectivity index (χ1v) is 37.4. The van der Waals surface area contributed by atoms with Gasteiger partial charge < -0.3 is 40.3 Å². The average Bonchev–Trinajstić information content (AvgIpc) is 1.45. The van der Waals surface area contributed by atoms with Gasteiger partial charge in [0.25, 0.3) is 0 Å². The minimum Gasteiger partial charge on any atom is -0.394 e. The van der Waals surface area contributed by atoms with E-state index in [-0.39, 0.29) is 12.5 Å². The Morgan fingerprint density at radius 1 is 0.380 bits per heavy atom. The molecule has 0 aromatic heterocycles. The minimum absolute atomic E-state index is 0.215. The summed E-state index contributed by atoms with van der Waals surface area (Å²) in [6, 6.07) is -0.854. The number of carbonyl (C=O) groups excluding carboxylic acids is 1. The van der Waals surface area contributed by atoms with E-state index in [2.05, 4.69) is 177 Å². The molecule has 0 radical (unpaired) electrons. The average molecular weight is 1280 g/mol. The lowest BCUT2D eigenvalue weighted by Crippen LogP contribution is -2.60. The zero-order valence-electron chi connectivity index (χ0n) is 58.5. The van der Waals surface area contributed by atoms with E-state index in [1.807, 2.05) is 6.08 Å². The lowest BCUT2D eigenvalue weighted by Gasteiger charge is -2.40. The standard InChI is InChI=1S/C83H137NO8/c1-3-5-7-9-11-13-15-17-19-21-23-25-27-29-31-33-35-36-37-38-39-40-41-42-43-45-47-49-51-53-55-57-59-61-63-65-67-69-71-73-79(87)84-76(75-91-83-82(90)81(89)80(88)78(74-85)92-83)77(86)72-70-68-66-64-62-60-58-56-54-52-50-48-46-44-34-32-30-28-26-24-22-20-18-16-14-12-10-8-6-4-2/h5,7,11,13,17,19,23,25,29,31,35-36,38-39,41-42,45,47,51,53-54,56-57,59,62,64,70,72,76-78,80-83,85-86,88-90H,3-4,6,8-10,12,14-16,18,20-22,24,26-28,30,32-34,37,40,43-44,46,48-50,52,55,58,60-61,63,65-69,71,73-75H2,1-2H3,(H,84,87)/b7-5-,13-11-,19-17-,25-23-,31-29-,36-35-,39-38-,42-41-,47-45-,53-51-,56-54+,59-57-,64-62+,72-70+. The highest BCUT2D eigenvalue weighted by molar-refractivity contribution is 5.76. The Kier molecular flexibility index (Phi) is 64.5. The molecule has 92 heavy (non-hydrogen) atoms. The molecule has 0 aromatic carbocycles. The van der Waals surface area contributed by atoms with Crippen LogP contribution >= 0.6 is 0 Å². The first kappa shape index (κ1) is 85.6. The van der Waals surface area contributed by atoms with Crippen molar-refractivity contribution in [1.29, 1.82) is 0 Å². The van der Waals surface area contributed by atoms with Crippen molar-refractivity contribution in [2.75, 3.05) is 13.2 Å². The Morgan fingerprint density at radius 2 is 0.685 bits per heavy atom. The van der Waals surface area contributed by atoms with Crippen molar-refractivity contribution in [3.63, 3.8) is 0 Å². The minimum atomic E-state index is -1.59. The first-order valence-electron chi connectivity index (χ1n) is 37.4. The zero-order valence-corrected chi connectivity index (χ0v) is 58.5. The molecule has 1 aliphatic heterocycles. The van der Waals surface area contributed by atoms with Crippen LogP contribution in [0.25, 0.3) is 0 Å². The molecule has 6 N–H and O–H groups in total. The highest BCUT2D eigenvalue weighted by atomic mass is 16.7. The summed E-state index contributed by atoms with van der Waals surface area (Å²) >= 11 is 0. The molecule has 0 spiro atoms. The van der Waals surface area contributed by atoms with Crippen LogP contribution in [-0.2, 0) is 14.3 Å². The Balaban J connectivity index is 2.20. The smallest absolute Gasteiger partial charge is 0.220 e. The summed E-state index contributed by atoms with van der Waals surface area (Å²) in [5, 5.41) is 54.8. The number of hydrogen-bond acceptors (Lipinski definition) is 8. The number of aliphatic hydroxyl groups excluding tert-OH is 5. The molecule has 9 nitrogen and oxygen atoms in total. The van der Waals surface area contributed by atoms with Gasteiger partial charge in [-0.15, -0.1) is 0 Å². The predicted octanol–water partition coefficient (Wildman–Crippen LogP) is 21.2. The second-order valence-electron chi connectivity index (χ2n) is 25.0. The van der Waals surface area contributed by atoms with Gasteiger partial charge in [-0.25, -0.2) is 0 Å². The third-order valence-corrected chi connectivity index (χ3v) is 16.5. The van der Waals surface area contributed by atoms with Crippen molar-refractivity contribution in [2.45, 2.75) is 333 Å². The number of carbonyl (C=O) groups is 1. The molecule has 0 bridgehead atoms. The molecular formula is C83H137NO8. The Hall–Kier alpha value is -4.45. The van der Waals surface area contributed by atoms with Crippen LogP contribution in [0.4, 0.5) is 0 Å². The zero-order chi connectivity index (χ0) is 66.4. The maximum Gasteiger partial charge on any atom is 0.220 e. The second-order valence-corrected chi connectivity index (χ2v) is 25.0. The number of amides is 1. The number of rotatable bonds is 63. The largest absolute Gasteiger partial charge is 0.394 e. The third kappa shape index (κ3) is 57.0. The van der Waals surface area contributed by atoms with Crippen LogP contribution in [0.2, 0.25) is 0 Å².